The molecule has 0 aliphatic heterocycles. The van der Waals surface area contributed by atoms with E-state index in [1.54, 1.807) is 24.3 Å². The van der Waals surface area contributed by atoms with Gasteiger partial charge in [0.1, 0.15) is 0 Å². The third-order valence-electron chi connectivity index (χ3n) is 1.42. The lowest BCUT2D eigenvalue weighted by molar-refractivity contribution is 0.0706. The predicted molar refractivity (Wildman–Crippen MR) is 43.6 cm³/mol. The Balaban J connectivity index is 2.94. The molecular formula is C9H7NO2. The molecule has 0 saturated heterocycles. The molecule has 3 nitrogen and oxygen atoms in total. The quantitative estimate of drug-likeness (QED) is 0.363. The Bertz CT molecular complexity index is 321. The molecule has 1 aromatic rings. The van der Waals surface area contributed by atoms with E-state index in [0.29, 0.717) is 11.1 Å². The zero-order valence-corrected chi connectivity index (χ0v) is 6.24. The topological polar surface area (TPSA) is 49.3 Å². The van der Waals surface area contributed by atoms with Crippen LogP contribution in [0.25, 0.3) is 0 Å². The average molecular weight is 161 g/mol. The smallest absolute Gasteiger partial charge is 0.274 e. The lowest BCUT2D eigenvalue weighted by Gasteiger charge is -1.97. The molecule has 0 atom stereocenters. The van der Waals surface area contributed by atoms with Crippen LogP contribution in [-0.2, 0) is 0 Å². The summed E-state index contributed by atoms with van der Waals surface area (Å²) in [5, 5.41) is 8.27. The van der Waals surface area contributed by atoms with Gasteiger partial charge in [-0.1, -0.05) is 5.92 Å². The number of hydrogen-bond donors (Lipinski definition) is 2. The van der Waals surface area contributed by atoms with Crippen molar-refractivity contribution in [2.45, 2.75) is 0 Å². The van der Waals surface area contributed by atoms with E-state index in [9.17, 15) is 4.79 Å². The van der Waals surface area contributed by atoms with E-state index in [4.69, 9.17) is 11.6 Å². The van der Waals surface area contributed by atoms with Gasteiger partial charge in [-0.2, -0.15) is 0 Å². The zero-order chi connectivity index (χ0) is 8.97. The lowest BCUT2D eigenvalue weighted by Crippen LogP contribution is -2.18. The molecule has 0 unspecified atom stereocenters. The number of benzene rings is 1. The zero-order valence-electron chi connectivity index (χ0n) is 6.24. The second kappa shape index (κ2) is 3.56. The molecule has 0 aromatic heterocycles. The number of nitrogens with one attached hydrogen (secondary N) is 1. The maximum absolute atomic E-state index is 10.8. The van der Waals surface area contributed by atoms with Gasteiger partial charge in [-0.25, -0.2) is 5.48 Å². The van der Waals surface area contributed by atoms with Crippen LogP contribution in [0.1, 0.15) is 15.9 Å². The first-order chi connectivity index (χ1) is 5.77. The predicted octanol–water partition coefficient (Wildman–Crippen LogP) is 0.787. The van der Waals surface area contributed by atoms with Crippen molar-refractivity contribution in [3.8, 4) is 12.3 Å². The Morgan fingerprint density at radius 3 is 2.42 bits per heavy atom. The second-order valence-corrected chi connectivity index (χ2v) is 2.16. The normalized spacial score (nSPS) is 8.67. The first-order valence-corrected chi connectivity index (χ1v) is 3.29. The molecule has 1 rings (SSSR count). The highest BCUT2D eigenvalue weighted by Gasteiger charge is 2.01. The number of hydrogen-bond acceptors (Lipinski definition) is 2. The van der Waals surface area contributed by atoms with Crippen LogP contribution in [0.2, 0.25) is 0 Å². The van der Waals surface area contributed by atoms with Crippen molar-refractivity contribution in [3.63, 3.8) is 0 Å². The third kappa shape index (κ3) is 1.62. The molecule has 60 valence electrons. The summed E-state index contributed by atoms with van der Waals surface area (Å²) in [4.78, 5) is 10.8. The SMILES string of the molecule is C#Cc1ccc(C(=O)NO)cc1. The van der Waals surface area contributed by atoms with Crippen LogP contribution in [0.15, 0.2) is 24.3 Å². The molecule has 0 aliphatic carbocycles. The Hall–Kier alpha value is -1.79. The summed E-state index contributed by atoms with van der Waals surface area (Å²) < 4.78 is 0. The third-order valence-corrected chi connectivity index (χ3v) is 1.42. The molecule has 0 spiro atoms. The Morgan fingerprint density at radius 2 is 2.00 bits per heavy atom. The molecule has 3 heteroatoms. The standard InChI is InChI=1S/C9H7NO2/c1-2-7-3-5-8(6-4-7)9(11)10-12/h1,3-6,12H,(H,10,11). The van der Waals surface area contributed by atoms with E-state index in [1.165, 1.54) is 5.48 Å². The van der Waals surface area contributed by atoms with Gasteiger partial charge in [-0.05, 0) is 24.3 Å². The van der Waals surface area contributed by atoms with Crippen molar-refractivity contribution in [1.29, 1.82) is 0 Å². The number of hydroxylamine groups is 1. The number of terminal acetylenes is 1. The fourth-order valence-electron chi connectivity index (χ4n) is 0.782. The maximum atomic E-state index is 10.8. The minimum Gasteiger partial charge on any atom is -0.288 e. The molecule has 1 aromatic carbocycles. The summed E-state index contributed by atoms with van der Waals surface area (Å²) in [7, 11) is 0. The van der Waals surface area contributed by atoms with E-state index in [-0.39, 0.29) is 0 Å². The molecule has 0 bridgehead atoms. The van der Waals surface area contributed by atoms with Crippen LogP contribution >= 0.6 is 0 Å². The molecule has 1 amide bonds. The van der Waals surface area contributed by atoms with Gasteiger partial charge in [0.05, 0.1) is 0 Å². The summed E-state index contributed by atoms with van der Waals surface area (Å²) in [5.41, 5.74) is 2.60. The fourth-order valence-corrected chi connectivity index (χ4v) is 0.782. The average Bonchev–Trinajstić information content (AvgIpc) is 2.17. The van der Waals surface area contributed by atoms with Crippen LogP contribution in [0.5, 0.6) is 0 Å². The maximum Gasteiger partial charge on any atom is 0.274 e. The summed E-state index contributed by atoms with van der Waals surface area (Å²) >= 11 is 0. The van der Waals surface area contributed by atoms with E-state index in [0.717, 1.165) is 0 Å². The molecule has 2 N–H and O–H groups in total. The van der Waals surface area contributed by atoms with Crippen LogP contribution < -0.4 is 5.48 Å². The van der Waals surface area contributed by atoms with Crippen molar-refractivity contribution in [1.82, 2.24) is 5.48 Å². The van der Waals surface area contributed by atoms with Gasteiger partial charge in [0, 0.05) is 11.1 Å². The highest BCUT2D eigenvalue weighted by atomic mass is 16.5. The highest BCUT2D eigenvalue weighted by Crippen LogP contribution is 2.02. The van der Waals surface area contributed by atoms with Crippen molar-refractivity contribution in [3.05, 3.63) is 35.4 Å². The van der Waals surface area contributed by atoms with Crippen molar-refractivity contribution >= 4 is 5.91 Å². The van der Waals surface area contributed by atoms with E-state index in [1.807, 2.05) is 0 Å². The van der Waals surface area contributed by atoms with Gasteiger partial charge in [0.15, 0.2) is 0 Å². The van der Waals surface area contributed by atoms with Gasteiger partial charge < -0.3 is 0 Å². The van der Waals surface area contributed by atoms with Crippen LogP contribution in [0.3, 0.4) is 0 Å². The molecule has 0 aliphatic rings. The molecule has 0 fully saturated rings. The number of carbonyl (C=O) groups is 1. The lowest BCUT2D eigenvalue weighted by atomic mass is 10.1. The van der Waals surface area contributed by atoms with E-state index >= 15 is 0 Å². The molecule has 12 heavy (non-hydrogen) atoms. The molecule has 0 saturated carbocycles. The molecule has 0 radical (unpaired) electrons. The minimum absolute atomic E-state index is 0.372. The van der Waals surface area contributed by atoms with E-state index in [2.05, 4.69) is 5.92 Å². The minimum atomic E-state index is -0.543. The number of carbonyl (C=O) groups excluding carboxylic acids is 1. The fraction of sp³-hybridized carbons (Fsp3) is 0. The van der Waals surface area contributed by atoms with Crippen LogP contribution in [-0.4, -0.2) is 11.1 Å². The Kier molecular flexibility index (Phi) is 2.46. The first-order valence-electron chi connectivity index (χ1n) is 3.29. The van der Waals surface area contributed by atoms with Crippen LogP contribution in [0, 0.1) is 12.3 Å². The van der Waals surface area contributed by atoms with Gasteiger partial charge in [0.2, 0.25) is 0 Å². The van der Waals surface area contributed by atoms with Gasteiger partial charge >= 0.3 is 0 Å². The van der Waals surface area contributed by atoms with Gasteiger partial charge in [-0.3, -0.25) is 10.0 Å². The summed E-state index contributed by atoms with van der Waals surface area (Å²) in [5.74, 6) is 1.87. The summed E-state index contributed by atoms with van der Waals surface area (Å²) in [6, 6.07) is 6.34. The summed E-state index contributed by atoms with van der Waals surface area (Å²) in [6.45, 7) is 0. The Labute approximate surface area is 70.0 Å². The number of rotatable bonds is 1. The second-order valence-electron chi connectivity index (χ2n) is 2.16. The molecular weight excluding hydrogens is 154 g/mol. The van der Waals surface area contributed by atoms with Gasteiger partial charge in [-0.15, -0.1) is 6.42 Å². The van der Waals surface area contributed by atoms with Crippen LogP contribution in [0.4, 0.5) is 0 Å². The largest absolute Gasteiger partial charge is 0.288 e. The monoisotopic (exact) mass is 161 g/mol. The van der Waals surface area contributed by atoms with Gasteiger partial charge in [0.25, 0.3) is 5.91 Å². The Morgan fingerprint density at radius 1 is 1.42 bits per heavy atom. The van der Waals surface area contributed by atoms with E-state index < -0.39 is 5.91 Å². The summed E-state index contributed by atoms with van der Waals surface area (Å²) in [6.07, 6.45) is 5.11. The van der Waals surface area contributed by atoms with Crippen molar-refractivity contribution < 1.29 is 10.0 Å². The highest BCUT2D eigenvalue weighted by molar-refractivity contribution is 5.93. The van der Waals surface area contributed by atoms with Crippen molar-refractivity contribution in [2.24, 2.45) is 0 Å². The van der Waals surface area contributed by atoms with Crippen molar-refractivity contribution in [2.75, 3.05) is 0 Å². The molecule has 0 heterocycles. The number of amides is 1. The first kappa shape index (κ1) is 8.31.